The van der Waals surface area contributed by atoms with Crippen LogP contribution in [0.2, 0.25) is 0 Å². The van der Waals surface area contributed by atoms with Crippen LogP contribution in [0.1, 0.15) is 73.1 Å². The van der Waals surface area contributed by atoms with Gasteiger partial charge in [-0.1, -0.05) is 39.3 Å². The van der Waals surface area contributed by atoms with Gasteiger partial charge in [0.05, 0.1) is 19.6 Å². The SMILES string of the molecule is C=CCC(C)(C)CC(=O)OCC.C=CCC(CCC)CC(=O)OCC. The molecule has 0 fully saturated rings. The molecule has 146 valence electrons. The number of esters is 2. The van der Waals surface area contributed by atoms with Gasteiger partial charge in [0.25, 0.3) is 0 Å². The van der Waals surface area contributed by atoms with E-state index in [0.29, 0.717) is 32.0 Å². The molecule has 0 aliphatic carbocycles. The monoisotopic (exact) mass is 354 g/mol. The summed E-state index contributed by atoms with van der Waals surface area (Å²) in [6.07, 6.45) is 8.64. The highest BCUT2D eigenvalue weighted by molar-refractivity contribution is 5.70. The number of carbonyl (C=O) groups excluding carboxylic acids is 2. The van der Waals surface area contributed by atoms with Gasteiger partial charge in [-0.2, -0.15) is 0 Å². The van der Waals surface area contributed by atoms with Crippen molar-refractivity contribution in [2.75, 3.05) is 13.2 Å². The second-order valence-corrected chi connectivity index (χ2v) is 6.83. The van der Waals surface area contributed by atoms with Crippen LogP contribution in [0.15, 0.2) is 25.3 Å². The minimum atomic E-state index is -0.121. The lowest BCUT2D eigenvalue weighted by molar-refractivity contribution is -0.145. The first-order valence-electron chi connectivity index (χ1n) is 9.29. The number of rotatable bonds is 12. The highest BCUT2D eigenvalue weighted by Crippen LogP contribution is 2.25. The van der Waals surface area contributed by atoms with E-state index in [1.165, 1.54) is 0 Å². The van der Waals surface area contributed by atoms with Crippen LogP contribution in [-0.4, -0.2) is 25.2 Å². The van der Waals surface area contributed by atoms with Crippen LogP contribution < -0.4 is 0 Å². The fraction of sp³-hybridized carbons (Fsp3) is 0.714. The van der Waals surface area contributed by atoms with E-state index < -0.39 is 0 Å². The first-order chi connectivity index (χ1) is 11.8. The summed E-state index contributed by atoms with van der Waals surface area (Å²) in [6.45, 7) is 18.1. The first-order valence-corrected chi connectivity index (χ1v) is 9.29. The highest BCUT2D eigenvalue weighted by atomic mass is 16.5. The van der Waals surface area contributed by atoms with Crippen LogP contribution in [0, 0.1) is 11.3 Å². The van der Waals surface area contributed by atoms with Gasteiger partial charge in [-0.15, -0.1) is 13.2 Å². The van der Waals surface area contributed by atoms with Crippen LogP contribution in [0.4, 0.5) is 0 Å². The third-order valence-corrected chi connectivity index (χ3v) is 3.58. The standard InChI is InChI=1S/C11H20O2.C10H18O2/c1-4-7-10(8-5-2)9-11(12)13-6-3;1-5-7-10(3,4)8-9(11)12-6-2/h4,10H,1,5-9H2,2-3H3;5H,1,6-8H2,2-4H3. The van der Waals surface area contributed by atoms with Crippen LogP contribution in [-0.2, 0) is 19.1 Å². The zero-order valence-electron chi connectivity index (χ0n) is 16.9. The van der Waals surface area contributed by atoms with E-state index in [1.807, 2.05) is 39.8 Å². The summed E-state index contributed by atoms with van der Waals surface area (Å²) in [7, 11) is 0. The van der Waals surface area contributed by atoms with Crippen molar-refractivity contribution in [2.45, 2.75) is 73.1 Å². The van der Waals surface area contributed by atoms with Crippen LogP contribution >= 0.6 is 0 Å². The number of allylic oxidation sites excluding steroid dienone is 2. The average Bonchev–Trinajstić information content (AvgIpc) is 2.48. The van der Waals surface area contributed by atoms with E-state index in [9.17, 15) is 9.59 Å². The van der Waals surface area contributed by atoms with Crippen LogP contribution in [0.25, 0.3) is 0 Å². The molecule has 1 atom stereocenters. The molecule has 0 N–H and O–H groups in total. The van der Waals surface area contributed by atoms with Gasteiger partial charge in [0.15, 0.2) is 0 Å². The maximum atomic E-state index is 11.1. The lowest BCUT2D eigenvalue weighted by atomic mass is 9.86. The Bertz CT molecular complexity index is 385. The van der Waals surface area contributed by atoms with E-state index in [1.54, 1.807) is 0 Å². The molecule has 1 unspecified atom stereocenters. The van der Waals surface area contributed by atoms with Crippen molar-refractivity contribution >= 4 is 11.9 Å². The largest absolute Gasteiger partial charge is 0.466 e. The van der Waals surface area contributed by atoms with Gasteiger partial charge in [-0.25, -0.2) is 0 Å². The Morgan fingerprint density at radius 2 is 1.56 bits per heavy atom. The molecule has 0 heterocycles. The summed E-state index contributed by atoms with van der Waals surface area (Å²) < 4.78 is 9.74. The summed E-state index contributed by atoms with van der Waals surface area (Å²) in [5.41, 5.74) is -0.0198. The lowest BCUT2D eigenvalue weighted by Crippen LogP contribution is -2.18. The third kappa shape index (κ3) is 17.0. The first kappa shape index (κ1) is 25.7. The Balaban J connectivity index is 0. The maximum Gasteiger partial charge on any atom is 0.306 e. The van der Waals surface area contributed by atoms with Crippen molar-refractivity contribution in [3.63, 3.8) is 0 Å². The van der Waals surface area contributed by atoms with Gasteiger partial charge >= 0.3 is 11.9 Å². The molecule has 0 bridgehead atoms. The number of carbonyl (C=O) groups is 2. The number of hydrogen-bond acceptors (Lipinski definition) is 4. The second kappa shape index (κ2) is 15.9. The quantitative estimate of drug-likeness (QED) is 0.344. The smallest absolute Gasteiger partial charge is 0.306 e. The van der Waals surface area contributed by atoms with Gasteiger partial charge in [0.2, 0.25) is 0 Å². The Labute approximate surface area is 154 Å². The molecular formula is C21H38O4. The topological polar surface area (TPSA) is 52.6 Å². The molecule has 0 saturated carbocycles. The van der Waals surface area contributed by atoms with E-state index >= 15 is 0 Å². The minimum Gasteiger partial charge on any atom is -0.466 e. The predicted molar refractivity (Wildman–Crippen MR) is 104 cm³/mol. The second-order valence-electron chi connectivity index (χ2n) is 6.83. The minimum absolute atomic E-state index is 0.0198. The molecule has 4 nitrogen and oxygen atoms in total. The summed E-state index contributed by atoms with van der Waals surface area (Å²) in [5, 5.41) is 0. The Kier molecular flexibility index (Phi) is 16.3. The molecule has 0 aromatic carbocycles. The van der Waals surface area contributed by atoms with Gasteiger partial charge in [0.1, 0.15) is 0 Å². The molecule has 0 aliphatic heterocycles. The summed E-state index contributed by atoms with van der Waals surface area (Å²) in [6, 6.07) is 0. The maximum absolute atomic E-state index is 11.1. The molecule has 0 saturated heterocycles. The van der Waals surface area contributed by atoms with E-state index in [-0.39, 0.29) is 17.4 Å². The van der Waals surface area contributed by atoms with Gasteiger partial charge in [-0.3, -0.25) is 9.59 Å². The van der Waals surface area contributed by atoms with E-state index in [2.05, 4.69) is 20.1 Å². The van der Waals surface area contributed by atoms with Crippen LogP contribution in [0.3, 0.4) is 0 Å². The van der Waals surface area contributed by atoms with Gasteiger partial charge < -0.3 is 9.47 Å². The Morgan fingerprint density at radius 1 is 1.00 bits per heavy atom. The zero-order valence-corrected chi connectivity index (χ0v) is 16.9. The van der Waals surface area contributed by atoms with Crippen molar-refractivity contribution in [3.05, 3.63) is 25.3 Å². The summed E-state index contributed by atoms with van der Waals surface area (Å²) in [4.78, 5) is 22.2. The predicted octanol–water partition coefficient (Wildman–Crippen LogP) is 5.47. The van der Waals surface area contributed by atoms with E-state index in [0.717, 1.165) is 25.7 Å². The van der Waals surface area contributed by atoms with Crippen molar-refractivity contribution in [2.24, 2.45) is 11.3 Å². The zero-order chi connectivity index (χ0) is 19.7. The third-order valence-electron chi connectivity index (χ3n) is 3.58. The fourth-order valence-corrected chi connectivity index (χ4v) is 2.47. The molecule has 0 aromatic heterocycles. The Morgan fingerprint density at radius 3 is 2.00 bits per heavy atom. The molecule has 0 aliphatic rings. The summed E-state index contributed by atoms with van der Waals surface area (Å²) >= 11 is 0. The van der Waals surface area contributed by atoms with Gasteiger partial charge in [-0.05, 0) is 44.4 Å². The molecule has 0 rings (SSSR count). The van der Waals surface area contributed by atoms with Crippen molar-refractivity contribution < 1.29 is 19.1 Å². The van der Waals surface area contributed by atoms with Crippen molar-refractivity contribution in [3.8, 4) is 0 Å². The molecule has 0 radical (unpaired) electrons. The average molecular weight is 355 g/mol. The molecule has 4 heteroatoms. The Hall–Kier alpha value is -1.58. The summed E-state index contributed by atoms with van der Waals surface area (Å²) in [5.74, 6) is 0.216. The molecule has 25 heavy (non-hydrogen) atoms. The molecule has 0 amide bonds. The molecule has 0 aromatic rings. The fourth-order valence-electron chi connectivity index (χ4n) is 2.47. The van der Waals surface area contributed by atoms with Gasteiger partial charge in [0, 0.05) is 6.42 Å². The molecule has 0 spiro atoms. The van der Waals surface area contributed by atoms with Crippen molar-refractivity contribution in [1.82, 2.24) is 0 Å². The van der Waals surface area contributed by atoms with E-state index in [4.69, 9.17) is 9.47 Å². The molecular weight excluding hydrogens is 316 g/mol. The normalized spacial score (nSPS) is 11.6. The van der Waals surface area contributed by atoms with Crippen LogP contribution in [0.5, 0.6) is 0 Å². The van der Waals surface area contributed by atoms with Crippen molar-refractivity contribution in [1.29, 1.82) is 0 Å². The number of ether oxygens (including phenoxy) is 2. The lowest BCUT2D eigenvalue weighted by Gasteiger charge is -2.20. The highest BCUT2D eigenvalue weighted by Gasteiger charge is 2.20. The number of hydrogen-bond donors (Lipinski definition) is 0.